The van der Waals surface area contributed by atoms with Crippen molar-refractivity contribution in [2.24, 2.45) is 0 Å². The molecule has 2 nitrogen and oxygen atoms in total. The van der Waals surface area contributed by atoms with E-state index < -0.39 is 0 Å². The van der Waals surface area contributed by atoms with E-state index in [0.717, 1.165) is 0 Å². The highest BCUT2D eigenvalue weighted by atomic mass is 35.5. The van der Waals surface area contributed by atoms with Gasteiger partial charge in [-0.2, -0.15) is 0 Å². The molecule has 76 valence electrons. The monoisotopic (exact) mass is 232 g/mol. The molecule has 4 heteroatoms. The summed E-state index contributed by atoms with van der Waals surface area (Å²) in [6.07, 6.45) is 0. The fraction of sp³-hybridized carbons (Fsp3) is 0.300. The molecule has 0 atom stereocenters. The van der Waals surface area contributed by atoms with Crippen LogP contribution in [0.25, 0.3) is 0 Å². The molecule has 14 heavy (non-hydrogen) atoms. The minimum Gasteiger partial charge on any atom is -0.374 e. The second kappa shape index (κ2) is 5.35. The van der Waals surface area contributed by atoms with Gasteiger partial charge in [-0.05, 0) is 25.1 Å². The SMILES string of the molecule is CCOCC(=O)c1ccc(Cl)c(Cl)c1. The minimum absolute atomic E-state index is 0.0778. The third kappa shape index (κ3) is 2.98. The van der Waals surface area contributed by atoms with Gasteiger partial charge < -0.3 is 4.74 Å². The molecule has 0 radical (unpaired) electrons. The summed E-state index contributed by atoms with van der Waals surface area (Å²) in [4.78, 5) is 11.4. The first-order chi connectivity index (χ1) is 6.65. The van der Waals surface area contributed by atoms with Crippen LogP contribution in [-0.2, 0) is 4.74 Å². The van der Waals surface area contributed by atoms with Gasteiger partial charge in [-0.25, -0.2) is 0 Å². The van der Waals surface area contributed by atoms with Gasteiger partial charge in [0.2, 0.25) is 0 Å². The Labute approximate surface area is 92.8 Å². The molecule has 0 aliphatic heterocycles. The van der Waals surface area contributed by atoms with E-state index in [9.17, 15) is 4.79 Å². The van der Waals surface area contributed by atoms with Crippen molar-refractivity contribution in [3.63, 3.8) is 0 Å². The molecule has 0 aliphatic carbocycles. The Hall–Kier alpha value is -0.570. The summed E-state index contributed by atoms with van der Waals surface area (Å²) >= 11 is 11.5. The maximum absolute atomic E-state index is 11.4. The Kier molecular flexibility index (Phi) is 4.39. The third-order valence-electron chi connectivity index (χ3n) is 1.68. The standard InChI is InChI=1S/C10H10Cl2O2/c1-2-14-6-10(13)7-3-4-8(11)9(12)5-7/h3-5H,2,6H2,1H3. The molecule has 0 aromatic heterocycles. The molecule has 0 N–H and O–H groups in total. The van der Waals surface area contributed by atoms with Crippen LogP contribution in [0.15, 0.2) is 18.2 Å². The second-order valence-electron chi connectivity index (χ2n) is 2.69. The van der Waals surface area contributed by atoms with Crippen LogP contribution in [0, 0.1) is 0 Å². The third-order valence-corrected chi connectivity index (χ3v) is 2.42. The largest absolute Gasteiger partial charge is 0.374 e. The van der Waals surface area contributed by atoms with Crippen LogP contribution in [0.3, 0.4) is 0 Å². The van der Waals surface area contributed by atoms with E-state index in [4.69, 9.17) is 27.9 Å². The van der Waals surface area contributed by atoms with E-state index in [-0.39, 0.29) is 12.4 Å². The highest BCUT2D eigenvalue weighted by Crippen LogP contribution is 2.22. The fourth-order valence-electron chi connectivity index (χ4n) is 0.948. The number of halogens is 2. The Balaban J connectivity index is 2.76. The zero-order valence-electron chi connectivity index (χ0n) is 7.72. The van der Waals surface area contributed by atoms with Crippen molar-refractivity contribution in [2.75, 3.05) is 13.2 Å². The number of ketones is 1. The zero-order chi connectivity index (χ0) is 10.6. The van der Waals surface area contributed by atoms with Crippen LogP contribution in [0.5, 0.6) is 0 Å². The molecule has 0 fully saturated rings. The minimum atomic E-state index is -0.0922. The Morgan fingerprint density at radius 3 is 2.64 bits per heavy atom. The van der Waals surface area contributed by atoms with Crippen LogP contribution in [0.4, 0.5) is 0 Å². The van der Waals surface area contributed by atoms with Gasteiger partial charge in [0.05, 0.1) is 10.0 Å². The highest BCUT2D eigenvalue weighted by molar-refractivity contribution is 6.42. The molecule has 0 heterocycles. The summed E-state index contributed by atoms with van der Waals surface area (Å²) in [5.41, 5.74) is 0.521. The number of rotatable bonds is 4. The summed E-state index contributed by atoms with van der Waals surface area (Å²) in [5.74, 6) is -0.0922. The first-order valence-corrected chi connectivity index (χ1v) is 4.96. The van der Waals surface area contributed by atoms with Gasteiger partial charge in [-0.3, -0.25) is 4.79 Å². The van der Waals surface area contributed by atoms with Crippen molar-refractivity contribution in [3.05, 3.63) is 33.8 Å². The molecule has 1 aromatic rings. The number of ether oxygens (including phenoxy) is 1. The van der Waals surface area contributed by atoms with Gasteiger partial charge in [-0.1, -0.05) is 23.2 Å². The van der Waals surface area contributed by atoms with E-state index in [1.165, 1.54) is 0 Å². The maximum atomic E-state index is 11.4. The van der Waals surface area contributed by atoms with Crippen molar-refractivity contribution >= 4 is 29.0 Å². The van der Waals surface area contributed by atoms with Gasteiger partial charge in [0.1, 0.15) is 6.61 Å². The molecule has 0 aliphatic rings. The molecule has 0 saturated carbocycles. The van der Waals surface area contributed by atoms with Gasteiger partial charge in [-0.15, -0.1) is 0 Å². The number of hydrogen-bond acceptors (Lipinski definition) is 2. The molecule has 1 aromatic carbocycles. The Morgan fingerprint density at radius 1 is 1.36 bits per heavy atom. The van der Waals surface area contributed by atoms with Crippen molar-refractivity contribution in [1.82, 2.24) is 0 Å². The average molecular weight is 233 g/mol. The topological polar surface area (TPSA) is 26.3 Å². The summed E-state index contributed by atoms with van der Waals surface area (Å²) in [6, 6.07) is 4.78. The lowest BCUT2D eigenvalue weighted by Crippen LogP contribution is -2.08. The van der Waals surface area contributed by atoms with Crippen molar-refractivity contribution in [2.45, 2.75) is 6.92 Å². The summed E-state index contributed by atoms with van der Waals surface area (Å²) in [5, 5.41) is 0.827. The van der Waals surface area contributed by atoms with Crippen LogP contribution in [0.1, 0.15) is 17.3 Å². The maximum Gasteiger partial charge on any atom is 0.188 e. The van der Waals surface area contributed by atoms with Gasteiger partial charge in [0, 0.05) is 12.2 Å². The lowest BCUT2D eigenvalue weighted by atomic mass is 10.1. The van der Waals surface area contributed by atoms with Crippen molar-refractivity contribution < 1.29 is 9.53 Å². The van der Waals surface area contributed by atoms with Crippen molar-refractivity contribution in [1.29, 1.82) is 0 Å². The predicted octanol–water partition coefficient (Wildman–Crippen LogP) is 3.21. The van der Waals surface area contributed by atoms with Crippen LogP contribution < -0.4 is 0 Å². The zero-order valence-corrected chi connectivity index (χ0v) is 9.23. The lowest BCUT2D eigenvalue weighted by molar-refractivity contribution is 0.0783. The Morgan fingerprint density at radius 2 is 2.07 bits per heavy atom. The summed E-state index contributed by atoms with van der Waals surface area (Å²) in [6.45, 7) is 2.43. The molecule has 0 bridgehead atoms. The number of carbonyl (C=O) groups excluding carboxylic acids is 1. The normalized spacial score (nSPS) is 10.2. The van der Waals surface area contributed by atoms with Gasteiger partial charge in [0.25, 0.3) is 0 Å². The number of hydrogen-bond donors (Lipinski definition) is 0. The van der Waals surface area contributed by atoms with E-state index in [2.05, 4.69) is 0 Å². The lowest BCUT2D eigenvalue weighted by Gasteiger charge is -2.02. The molecular weight excluding hydrogens is 223 g/mol. The van der Waals surface area contributed by atoms with Gasteiger partial charge >= 0.3 is 0 Å². The summed E-state index contributed by atoms with van der Waals surface area (Å²) < 4.78 is 4.99. The smallest absolute Gasteiger partial charge is 0.188 e. The average Bonchev–Trinajstić information content (AvgIpc) is 2.18. The summed E-state index contributed by atoms with van der Waals surface area (Å²) in [7, 11) is 0. The fourth-order valence-corrected chi connectivity index (χ4v) is 1.25. The van der Waals surface area contributed by atoms with E-state index in [0.29, 0.717) is 22.2 Å². The molecular formula is C10H10Cl2O2. The van der Waals surface area contributed by atoms with Crippen LogP contribution >= 0.6 is 23.2 Å². The first kappa shape index (κ1) is 11.5. The molecule has 0 saturated heterocycles. The highest BCUT2D eigenvalue weighted by Gasteiger charge is 2.07. The number of benzene rings is 1. The molecule has 1 rings (SSSR count). The van der Waals surface area contributed by atoms with E-state index >= 15 is 0 Å². The molecule has 0 spiro atoms. The number of Topliss-reactive ketones (excluding diaryl/α,β-unsaturated/α-hetero) is 1. The van der Waals surface area contributed by atoms with Crippen LogP contribution in [0.2, 0.25) is 10.0 Å². The number of carbonyl (C=O) groups is 1. The van der Waals surface area contributed by atoms with Gasteiger partial charge in [0.15, 0.2) is 5.78 Å². The van der Waals surface area contributed by atoms with E-state index in [1.807, 2.05) is 6.92 Å². The van der Waals surface area contributed by atoms with Crippen molar-refractivity contribution in [3.8, 4) is 0 Å². The molecule has 0 amide bonds. The second-order valence-corrected chi connectivity index (χ2v) is 3.50. The van der Waals surface area contributed by atoms with Crippen LogP contribution in [-0.4, -0.2) is 19.0 Å². The first-order valence-electron chi connectivity index (χ1n) is 4.21. The predicted molar refractivity (Wildman–Crippen MR) is 57.3 cm³/mol. The quantitative estimate of drug-likeness (QED) is 0.746. The Bertz CT molecular complexity index is 337. The molecule has 0 unspecified atom stereocenters. The van der Waals surface area contributed by atoms with E-state index in [1.54, 1.807) is 18.2 Å².